The molecule has 1 rings (SSSR count). The van der Waals surface area contributed by atoms with Crippen LogP contribution in [0, 0.1) is 20.8 Å². The molecule has 1 aromatic rings. The molecule has 0 spiro atoms. The molecule has 1 heterocycles. The predicted molar refractivity (Wildman–Crippen MR) is 58.0 cm³/mol. The maximum atomic E-state index is 10.9. The lowest BCUT2D eigenvalue weighted by Crippen LogP contribution is -2.29. The molecule has 0 radical (unpaired) electrons. The number of aromatic nitrogens is 2. The lowest BCUT2D eigenvalue weighted by Gasteiger charge is -2.03. The average molecular weight is 210 g/mol. The van der Waals surface area contributed by atoms with Crippen LogP contribution in [-0.2, 0) is 11.3 Å². The van der Waals surface area contributed by atoms with Gasteiger partial charge in [0.15, 0.2) is 0 Å². The van der Waals surface area contributed by atoms with E-state index in [9.17, 15) is 4.79 Å². The Kier molecular flexibility index (Phi) is 3.85. The zero-order chi connectivity index (χ0) is 11.4. The fourth-order valence-electron chi connectivity index (χ4n) is 1.47. The van der Waals surface area contributed by atoms with Gasteiger partial charge in [-0.2, -0.15) is 5.10 Å². The van der Waals surface area contributed by atoms with Gasteiger partial charge in [0.2, 0.25) is 5.91 Å². The largest absolute Gasteiger partial charge is 0.294 e. The molecular weight excluding hydrogens is 192 g/mol. The van der Waals surface area contributed by atoms with Gasteiger partial charge in [0.1, 0.15) is 0 Å². The summed E-state index contributed by atoms with van der Waals surface area (Å²) in [5.74, 6) is 4.86. The first kappa shape index (κ1) is 11.7. The molecule has 0 aliphatic heterocycles. The Morgan fingerprint density at radius 1 is 1.47 bits per heavy atom. The van der Waals surface area contributed by atoms with Crippen molar-refractivity contribution in [3.05, 3.63) is 17.0 Å². The number of hydrazine groups is 1. The van der Waals surface area contributed by atoms with E-state index in [-0.39, 0.29) is 5.91 Å². The number of hydrogen-bond donors (Lipinski definition) is 2. The highest BCUT2D eigenvalue weighted by Gasteiger charge is 2.07. The summed E-state index contributed by atoms with van der Waals surface area (Å²) in [7, 11) is 0. The monoisotopic (exact) mass is 210 g/mol. The van der Waals surface area contributed by atoms with Crippen molar-refractivity contribution < 1.29 is 4.79 Å². The van der Waals surface area contributed by atoms with E-state index in [1.165, 1.54) is 11.3 Å². The maximum absolute atomic E-state index is 10.9. The molecule has 3 N–H and O–H groups in total. The number of amides is 1. The molecule has 15 heavy (non-hydrogen) atoms. The topological polar surface area (TPSA) is 72.9 Å². The summed E-state index contributed by atoms with van der Waals surface area (Å²) in [6.07, 6.45) is 1.19. The second kappa shape index (κ2) is 4.93. The van der Waals surface area contributed by atoms with Crippen LogP contribution in [0.1, 0.15) is 29.8 Å². The molecule has 5 heteroatoms. The van der Waals surface area contributed by atoms with Gasteiger partial charge in [-0.3, -0.25) is 14.9 Å². The molecule has 84 valence electrons. The maximum Gasteiger partial charge on any atom is 0.233 e. The van der Waals surface area contributed by atoms with Crippen LogP contribution >= 0.6 is 0 Å². The minimum atomic E-state index is -0.131. The summed E-state index contributed by atoms with van der Waals surface area (Å²) in [5, 5.41) is 4.39. The van der Waals surface area contributed by atoms with Crippen LogP contribution in [-0.4, -0.2) is 15.7 Å². The summed E-state index contributed by atoms with van der Waals surface area (Å²) in [6.45, 7) is 6.85. The lowest BCUT2D eigenvalue weighted by atomic mass is 10.2. The summed E-state index contributed by atoms with van der Waals surface area (Å²) in [6, 6.07) is 0. The summed E-state index contributed by atoms with van der Waals surface area (Å²) < 4.78 is 1.94. The number of hydrogen-bond acceptors (Lipinski definition) is 3. The van der Waals surface area contributed by atoms with Gasteiger partial charge in [-0.05, 0) is 32.8 Å². The van der Waals surface area contributed by atoms with Gasteiger partial charge in [-0.15, -0.1) is 0 Å². The van der Waals surface area contributed by atoms with Crippen LogP contribution in [0.4, 0.5) is 0 Å². The summed E-state index contributed by atoms with van der Waals surface area (Å²) in [4.78, 5) is 10.9. The minimum Gasteiger partial charge on any atom is -0.294 e. The summed E-state index contributed by atoms with van der Waals surface area (Å²) in [5.41, 5.74) is 5.55. The second-order valence-electron chi connectivity index (χ2n) is 3.69. The minimum absolute atomic E-state index is 0.131. The highest BCUT2D eigenvalue weighted by Crippen LogP contribution is 2.11. The Bertz CT molecular complexity index is 357. The number of rotatable bonds is 4. The molecule has 5 nitrogen and oxygen atoms in total. The van der Waals surface area contributed by atoms with Gasteiger partial charge < -0.3 is 0 Å². The standard InChI is InChI=1S/C10H18N4O/c1-7-8(2)13-14(9(7)3)6-4-5-10(15)12-11/h4-6,11H2,1-3H3,(H,12,15). The van der Waals surface area contributed by atoms with Crippen molar-refractivity contribution in [3.63, 3.8) is 0 Å². The first-order valence-electron chi connectivity index (χ1n) is 5.06. The van der Waals surface area contributed by atoms with E-state index in [0.29, 0.717) is 6.42 Å². The molecule has 0 fully saturated rings. The third kappa shape index (κ3) is 2.79. The fourth-order valence-corrected chi connectivity index (χ4v) is 1.47. The van der Waals surface area contributed by atoms with Crippen molar-refractivity contribution in [1.82, 2.24) is 15.2 Å². The molecule has 0 saturated heterocycles. The van der Waals surface area contributed by atoms with Gasteiger partial charge in [0.25, 0.3) is 0 Å². The highest BCUT2D eigenvalue weighted by atomic mass is 16.2. The number of nitrogens with zero attached hydrogens (tertiary/aromatic N) is 2. The van der Waals surface area contributed by atoms with Gasteiger partial charge in [0.05, 0.1) is 5.69 Å². The van der Waals surface area contributed by atoms with E-state index in [1.807, 2.05) is 18.5 Å². The SMILES string of the molecule is Cc1nn(CCCC(=O)NN)c(C)c1C. The third-order valence-corrected chi connectivity index (χ3v) is 2.68. The lowest BCUT2D eigenvalue weighted by molar-refractivity contribution is -0.121. The zero-order valence-corrected chi connectivity index (χ0v) is 9.50. The quantitative estimate of drug-likeness (QED) is 0.433. The van der Waals surface area contributed by atoms with Crippen molar-refractivity contribution in [2.75, 3.05) is 0 Å². The van der Waals surface area contributed by atoms with Crippen molar-refractivity contribution in [1.29, 1.82) is 0 Å². The van der Waals surface area contributed by atoms with Crippen molar-refractivity contribution >= 4 is 5.91 Å². The van der Waals surface area contributed by atoms with E-state index < -0.39 is 0 Å². The molecule has 1 aromatic heterocycles. The Hall–Kier alpha value is -1.36. The number of nitrogens with one attached hydrogen (secondary N) is 1. The molecule has 0 bridgehead atoms. The predicted octanol–water partition coefficient (Wildman–Crippen LogP) is 0.578. The normalized spacial score (nSPS) is 10.4. The van der Waals surface area contributed by atoms with E-state index in [4.69, 9.17) is 5.84 Å². The van der Waals surface area contributed by atoms with Crippen LogP contribution in [0.5, 0.6) is 0 Å². The molecule has 0 atom stereocenters. The number of carbonyl (C=O) groups is 1. The molecule has 0 aromatic carbocycles. The Balaban J connectivity index is 2.51. The van der Waals surface area contributed by atoms with Crippen LogP contribution in [0.25, 0.3) is 0 Å². The van der Waals surface area contributed by atoms with E-state index >= 15 is 0 Å². The van der Waals surface area contributed by atoms with Crippen LogP contribution in [0.15, 0.2) is 0 Å². The zero-order valence-electron chi connectivity index (χ0n) is 9.50. The average Bonchev–Trinajstić information content (AvgIpc) is 2.46. The van der Waals surface area contributed by atoms with Crippen LogP contribution in [0.2, 0.25) is 0 Å². The van der Waals surface area contributed by atoms with Crippen molar-refractivity contribution in [3.8, 4) is 0 Å². The highest BCUT2D eigenvalue weighted by molar-refractivity contribution is 5.75. The molecule has 0 aliphatic rings. The number of carbonyl (C=O) groups excluding carboxylic acids is 1. The first-order valence-corrected chi connectivity index (χ1v) is 5.06. The van der Waals surface area contributed by atoms with Gasteiger partial charge in [-0.1, -0.05) is 0 Å². The van der Waals surface area contributed by atoms with E-state index in [0.717, 1.165) is 18.7 Å². The molecule has 0 aliphatic carbocycles. The Morgan fingerprint density at radius 2 is 2.13 bits per heavy atom. The molecule has 0 saturated carbocycles. The van der Waals surface area contributed by atoms with Gasteiger partial charge in [0, 0.05) is 18.7 Å². The first-order chi connectivity index (χ1) is 7.06. The molecule has 0 unspecified atom stereocenters. The molecule has 1 amide bonds. The van der Waals surface area contributed by atoms with Gasteiger partial charge >= 0.3 is 0 Å². The van der Waals surface area contributed by atoms with E-state index in [2.05, 4.69) is 17.4 Å². The fraction of sp³-hybridized carbons (Fsp3) is 0.600. The number of aryl methyl sites for hydroxylation is 2. The van der Waals surface area contributed by atoms with Crippen molar-refractivity contribution in [2.45, 2.75) is 40.2 Å². The molecular formula is C10H18N4O. The van der Waals surface area contributed by atoms with E-state index in [1.54, 1.807) is 0 Å². The Labute approximate surface area is 89.6 Å². The second-order valence-corrected chi connectivity index (χ2v) is 3.69. The summed E-state index contributed by atoms with van der Waals surface area (Å²) >= 11 is 0. The van der Waals surface area contributed by atoms with Crippen LogP contribution < -0.4 is 11.3 Å². The Morgan fingerprint density at radius 3 is 2.60 bits per heavy atom. The van der Waals surface area contributed by atoms with Crippen LogP contribution in [0.3, 0.4) is 0 Å². The smallest absolute Gasteiger partial charge is 0.233 e. The van der Waals surface area contributed by atoms with Gasteiger partial charge in [-0.25, -0.2) is 5.84 Å². The van der Waals surface area contributed by atoms with Crippen molar-refractivity contribution in [2.24, 2.45) is 5.84 Å². The number of nitrogens with two attached hydrogens (primary N) is 1. The third-order valence-electron chi connectivity index (χ3n) is 2.68.